The summed E-state index contributed by atoms with van der Waals surface area (Å²) in [5, 5.41) is 14.2. The van der Waals surface area contributed by atoms with Gasteiger partial charge in [-0.3, -0.25) is 0 Å². The summed E-state index contributed by atoms with van der Waals surface area (Å²) in [7, 11) is 0. The first-order valence-corrected chi connectivity index (χ1v) is 6.51. The van der Waals surface area contributed by atoms with Gasteiger partial charge in [-0.05, 0) is 12.8 Å². The molecule has 0 atom stereocenters. The van der Waals surface area contributed by atoms with Gasteiger partial charge in [0.25, 0.3) is 0 Å². The van der Waals surface area contributed by atoms with Crippen molar-refractivity contribution in [2.75, 3.05) is 0 Å². The van der Waals surface area contributed by atoms with Crippen LogP contribution in [0.5, 0.6) is 0 Å². The van der Waals surface area contributed by atoms with E-state index in [0.29, 0.717) is 5.92 Å². The summed E-state index contributed by atoms with van der Waals surface area (Å²) >= 11 is 1.66. The topological polar surface area (TPSA) is 43.1 Å². The number of nitrogens with zero attached hydrogens (tertiary/aromatic N) is 4. The number of benzene rings is 1. The van der Waals surface area contributed by atoms with E-state index in [9.17, 15) is 0 Å². The molecule has 2 heterocycles. The van der Waals surface area contributed by atoms with Crippen molar-refractivity contribution >= 4 is 16.3 Å². The Morgan fingerprint density at radius 1 is 1.12 bits per heavy atom. The van der Waals surface area contributed by atoms with E-state index in [4.69, 9.17) is 0 Å². The van der Waals surface area contributed by atoms with Gasteiger partial charge in [-0.15, -0.1) is 10.2 Å². The number of hydrogen-bond donors (Lipinski definition) is 0. The number of hydrogen-bond acceptors (Lipinski definition) is 4. The fraction of sp³-hybridized carbons (Fsp3) is 0.250. The number of rotatable bonds is 2. The Hall–Kier alpha value is -1.75. The van der Waals surface area contributed by atoms with Gasteiger partial charge in [-0.25, -0.2) is 0 Å². The predicted octanol–water partition coefficient (Wildman–Crippen LogP) is 2.73. The summed E-state index contributed by atoms with van der Waals surface area (Å²) in [4.78, 5) is 0.894. The Balaban J connectivity index is 1.90. The maximum atomic E-state index is 4.62. The second-order valence-corrected chi connectivity index (χ2v) is 5.29. The average molecular weight is 242 g/mol. The van der Waals surface area contributed by atoms with Crippen molar-refractivity contribution < 1.29 is 0 Å². The van der Waals surface area contributed by atoms with Gasteiger partial charge in [0.15, 0.2) is 5.82 Å². The van der Waals surface area contributed by atoms with Gasteiger partial charge in [-0.2, -0.15) is 9.61 Å². The molecule has 0 N–H and O–H groups in total. The first-order chi connectivity index (χ1) is 8.42. The van der Waals surface area contributed by atoms with Gasteiger partial charge in [-0.1, -0.05) is 41.7 Å². The van der Waals surface area contributed by atoms with E-state index >= 15 is 0 Å². The Bertz CT molecular complexity index is 666. The highest BCUT2D eigenvalue weighted by Crippen LogP contribution is 2.42. The molecule has 0 spiro atoms. The van der Waals surface area contributed by atoms with Gasteiger partial charge < -0.3 is 0 Å². The highest BCUT2D eigenvalue weighted by molar-refractivity contribution is 7.16. The molecule has 0 radical (unpaired) electrons. The fourth-order valence-corrected chi connectivity index (χ4v) is 2.90. The minimum Gasteiger partial charge on any atom is -0.183 e. The lowest BCUT2D eigenvalue weighted by atomic mass is 10.2. The maximum Gasteiger partial charge on any atom is 0.234 e. The molecule has 1 fully saturated rings. The minimum absolute atomic E-state index is 0.672. The van der Waals surface area contributed by atoms with Crippen LogP contribution < -0.4 is 0 Å². The molecule has 1 aliphatic carbocycles. The molecule has 0 bridgehead atoms. The lowest BCUT2D eigenvalue weighted by molar-refractivity contribution is 0.902. The van der Waals surface area contributed by atoms with Crippen LogP contribution in [0.4, 0.5) is 0 Å². The summed E-state index contributed by atoms with van der Waals surface area (Å²) in [5.41, 5.74) is 1.06. The normalized spacial score (nSPS) is 15.5. The Morgan fingerprint density at radius 2 is 1.94 bits per heavy atom. The van der Waals surface area contributed by atoms with Crippen molar-refractivity contribution in [3.8, 4) is 11.4 Å². The van der Waals surface area contributed by atoms with E-state index in [1.807, 2.05) is 34.8 Å². The number of aromatic nitrogens is 4. The Labute approximate surface area is 102 Å². The largest absolute Gasteiger partial charge is 0.234 e. The third kappa shape index (κ3) is 1.46. The quantitative estimate of drug-likeness (QED) is 0.694. The lowest BCUT2D eigenvalue weighted by Crippen LogP contribution is -1.91. The highest BCUT2D eigenvalue weighted by Gasteiger charge is 2.28. The molecular formula is C12H10N4S. The standard InChI is InChI=1S/C12H10N4S/c1-2-4-8(5-3-1)10-13-14-12-16(10)15-11(17-12)9-6-7-9/h1-5,9H,6-7H2. The summed E-state index contributed by atoms with van der Waals surface area (Å²) < 4.78 is 1.87. The van der Waals surface area contributed by atoms with Crippen molar-refractivity contribution in [1.29, 1.82) is 0 Å². The third-order valence-electron chi connectivity index (χ3n) is 2.97. The van der Waals surface area contributed by atoms with Crippen molar-refractivity contribution in [3.63, 3.8) is 0 Å². The molecule has 17 heavy (non-hydrogen) atoms. The predicted molar refractivity (Wildman–Crippen MR) is 66.1 cm³/mol. The van der Waals surface area contributed by atoms with Gasteiger partial charge in [0.05, 0.1) is 0 Å². The molecule has 1 aromatic carbocycles. The van der Waals surface area contributed by atoms with Crippen molar-refractivity contribution in [1.82, 2.24) is 19.8 Å². The van der Waals surface area contributed by atoms with Gasteiger partial charge in [0, 0.05) is 11.5 Å². The van der Waals surface area contributed by atoms with E-state index in [1.54, 1.807) is 11.3 Å². The molecule has 0 unspecified atom stereocenters. The molecule has 84 valence electrons. The summed E-state index contributed by atoms with van der Waals surface area (Å²) in [6, 6.07) is 10.1. The van der Waals surface area contributed by atoms with Crippen LogP contribution in [0.15, 0.2) is 30.3 Å². The second kappa shape index (κ2) is 3.37. The molecule has 3 aromatic rings. The first kappa shape index (κ1) is 9.30. The highest BCUT2D eigenvalue weighted by atomic mass is 32.1. The molecule has 0 saturated heterocycles. The van der Waals surface area contributed by atoms with Crippen LogP contribution >= 0.6 is 11.3 Å². The van der Waals surface area contributed by atoms with Gasteiger partial charge >= 0.3 is 0 Å². The zero-order chi connectivity index (χ0) is 11.2. The monoisotopic (exact) mass is 242 g/mol. The zero-order valence-corrected chi connectivity index (χ0v) is 9.89. The molecule has 1 aliphatic rings. The second-order valence-electron chi connectivity index (χ2n) is 4.30. The van der Waals surface area contributed by atoms with Crippen LogP contribution in [-0.2, 0) is 0 Å². The molecule has 0 amide bonds. The average Bonchev–Trinajstić information content (AvgIpc) is 3.01. The minimum atomic E-state index is 0.672. The molecule has 4 nitrogen and oxygen atoms in total. The molecular weight excluding hydrogens is 232 g/mol. The van der Waals surface area contributed by atoms with E-state index in [-0.39, 0.29) is 0 Å². The van der Waals surface area contributed by atoms with Crippen LogP contribution in [0.1, 0.15) is 23.8 Å². The Kier molecular flexibility index (Phi) is 1.84. The van der Waals surface area contributed by atoms with Crippen LogP contribution in [0.3, 0.4) is 0 Å². The van der Waals surface area contributed by atoms with Crippen molar-refractivity contribution in [3.05, 3.63) is 35.3 Å². The SMILES string of the molecule is c1ccc(-c2nnc3sc(C4CC4)nn23)cc1. The third-order valence-corrected chi connectivity index (χ3v) is 4.03. The summed E-state index contributed by atoms with van der Waals surface area (Å²) in [6.07, 6.45) is 2.54. The van der Waals surface area contributed by atoms with Crippen LogP contribution in [0.2, 0.25) is 0 Å². The lowest BCUT2D eigenvalue weighted by Gasteiger charge is -1.94. The van der Waals surface area contributed by atoms with Crippen LogP contribution in [-0.4, -0.2) is 19.8 Å². The van der Waals surface area contributed by atoms with Gasteiger partial charge in [0.1, 0.15) is 5.01 Å². The molecule has 1 saturated carbocycles. The zero-order valence-electron chi connectivity index (χ0n) is 9.08. The van der Waals surface area contributed by atoms with Crippen LogP contribution in [0.25, 0.3) is 16.3 Å². The fourth-order valence-electron chi connectivity index (χ4n) is 1.89. The molecule has 2 aromatic heterocycles. The van der Waals surface area contributed by atoms with Crippen LogP contribution in [0, 0.1) is 0 Å². The summed E-state index contributed by atoms with van der Waals surface area (Å²) in [5.74, 6) is 1.51. The van der Waals surface area contributed by atoms with E-state index in [0.717, 1.165) is 16.3 Å². The maximum absolute atomic E-state index is 4.62. The van der Waals surface area contributed by atoms with Gasteiger partial charge in [0.2, 0.25) is 4.96 Å². The summed E-state index contributed by atoms with van der Waals surface area (Å²) in [6.45, 7) is 0. The van der Waals surface area contributed by atoms with E-state index in [2.05, 4.69) is 15.3 Å². The van der Waals surface area contributed by atoms with E-state index < -0.39 is 0 Å². The smallest absolute Gasteiger partial charge is 0.183 e. The first-order valence-electron chi connectivity index (χ1n) is 5.69. The van der Waals surface area contributed by atoms with Crippen molar-refractivity contribution in [2.45, 2.75) is 18.8 Å². The van der Waals surface area contributed by atoms with E-state index in [1.165, 1.54) is 17.8 Å². The molecule has 0 aliphatic heterocycles. The van der Waals surface area contributed by atoms with Crippen molar-refractivity contribution in [2.24, 2.45) is 0 Å². The molecule has 5 heteroatoms. The Morgan fingerprint density at radius 3 is 2.71 bits per heavy atom. The molecule has 4 rings (SSSR count). The number of fused-ring (bicyclic) bond motifs is 1.